The number of nitrogens with zero attached hydrogens (tertiary/aromatic N) is 4. The van der Waals surface area contributed by atoms with Crippen molar-refractivity contribution < 1.29 is 55.3 Å². The highest BCUT2D eigenvalue weighted by molar-refractivity contribution is 7.91. The molecule has 2 aliphatic heterocycles. The van der Waals surface area contributed by atoms with Crippen molar-refractivity contribution in [1.29, 1.82) is 0 Å². The molecule has 4 amide bonds. The Morgan fingerprint density at radius 2 is 1.82 bits per heavy atom. The second kappa shape index (κ2) is 16.5. The standard InChI is InChI=1S/C42H57F3N6O9S/c1-9-25-18-24(4)12-10-11-13-26-21-41(26,37(54)49-61(57,58)40(7)16-17-40)48-34(52)31-20-28(22-50(31)36(53)33(25)51(38(55)56)39(5,6)42(43,44)45)60-35-32(23(2)3)46-29-15-14-27(59-8)19-30(29)47-35/h11,13-15,19,23-26,28,31,33H,9-10,12,16-18,20-22H2,1-8H3,(H,48,52)(H,49,54)(H,55,56)/b13-11-/t24-,25-,26-,28-,31+,33+,41-/m1/s1. The van der Waals surface area contributed by atoms with Crippen molar-refractivity contribution >= 4 is 44.9 Å². The van der Waals surface area contributed by atoms with E-state index in [1.807, 2.05) is 26.8 Å². The number of halogens is 3. The molecule has 19 heteroatoms. The normalized spacial score (nSPS) is 28.8. The van der Waals surface area contributed by atoms with Gasteiger partial charge in [0.25, 0.3) is 5.91 Å². The third-order valence-electron chi connectivity index (χ3n) is 13.0. The van der Waals surface area contributed by atoms with Gasteiger partial charge in [0.2, 0.25) is 27.7 Å². The van der Waals surface area contributed by atoms with Crippen LogP contribution in [0.25, 0.3) is 11.0 Å². The smallest absolute Gasteiger partial charge is 0.411 e. The second-order valence-corrected chi connectivity index (χ2v) is 20.4. The fraction of sp³-hybridized carbons (Fsp3) is 0.667. The number of fused-ring (bicyclic) bond motifs is 3. The van der Waals surface area contributed by atoms with Gasteiger partial charge < -0.3 is 24.8 Å². The number of alkyl halides is 3. The molecule has 2 aliphatic carbocycles. The molecular weight excluding hydrogens is 822 g/mol. The van der Waals surface area contributed by atoms with Crippen LogP contribution in [-0.2, 0) is 24.4 Å². The molecular formula is C42H57F3N6O9S. The van der Waals surface area contributed by atoms with Gasteiger partial charge in [0.05, 0.1) is 29.4 Å². The molecule has 7 atom stereocenters. The van der Waals surface area contributed by atoms with Crippen molar-refractivity contribution in [3.8, 4) is 11.6 Å². The maximum Gasteiger partial charge on any atom is 0.411 e. The number of hydrogen-bond donors (Lipinski definition) is 3. The Balaban J connectivity index is 1.46. The van der Waals surface area contributed by atoms with E-state index in [9.17, 15) is 41.1 Å². The summed E-state index contributed by atoms with van der Waals surface area (Å²) < 4.78 is 84.0. The fourth-order valence-corrected chi connectivity index (χ4v) is 9.86. The Hall–Kier alpha value is -4.68. The van der Waals surface area contributed by atoms with Gasteiger partial charge in [-0.2, -0.15) is 13.2 Å². The number of allylic oxidation sites excluding steroid dienone is 1. The van der Waals surface area contributed by atoms with Crippen LogP contribution in [0, 0.1) is 17.8 Å². The number of hydrogen-bond acceptors (Lipinski definition) is 10. The molecule has 6 rings (SSSR count). The minimum atomic E-state index is -5.10. The van der Waals surface area contributed by atoms with Crippen molar-refractivity contribution in [3.05, 3.63) is 36.0 Å². The van der Waals surface area contributed by atoms with Crippen LogP contribution in [-0.4, -0.2) is 111 Å². The van der Waals surface area contributed by atoms with Crippen LogP contribution in [0.5, 0.6) is 11.6 Å². The monoisotopic (exact) mass is 878 g/mol. The topological polar surface area (TPSA) is 197 Å². The van der Waals surface area contributed by atoms with Crippen LogP contribution < -0.4 is 19.5 Å². The highest BCUT2D eigenvalue weighted by Crippen LogP contribution is 2.48. The number of carboxylic acid groups (broad SMARTS) is 1. The van der Waals surface area contributed by atoms with Crippen LogP contribution in [0.3, 0.4) is 0 Å². The third kappa shape index (κ3) is 8.85. The summed E-state index contributed by atoms with van der Waals surface area (Å²) in [5.74, 6) is -4.21. The zero-order valence-corrected chi connectivity index (χ0v) is 36.7. The predicted molar refractivity (Wildman–Crippen MR) is 218 cm³/mol. The molecule has 0 radical (unpaired) electrons. The molecule has 3 fully saturated rings. The quantitative estimate of drug-likeness (QED) is 0.234. The van der Waals surface area contributed by atoms with Gasteiger partial charge in [-0.05, 0) is 83.3 Å². The number of benzene rings is 1. The highest BCUT2D eigenvalue weighted by Gasteiger charge is 2.64. The lowest BCUT2D eigenvalue weighted by Gasteiger charge is -2.46. The van der Waals surface area contributed by atoms with Crippen molar-refractivity contribution in [2.24, 2.45) is 17.8 Å². The van der Waals surface area contributed by atoms with Crippen molar-refractivity contribution in [2.75, 3.05) is 13.7 Å². The average molecular weight is 879 g/mol. The van der Waals surface area contributed by atoms with E-state index in [-0.39, 0.29) is 54.8 Å². The first kappa shape index (κ1) is 45.8. The van der Waals surface area contributed by atoms with Gasteiger partial charge in [0, 0.05) is 24.3 Å². The number of aromatic nitrogens is 2. The maximum absolute atomic E-state index is 15.2. The van der Waals surface area contributed by atoms with E-state index < -0.39 is 85.9 Å². The van der Waals surface area contributed by atoms with Gasteiger partial charge in [-0.25, -0.2) is 23.2 Å². The molecule has 3 heterocycles. The fourth-order valence-electron chi connectivity index (χ4n) is 8.55. The molecule has 1 aromatic carbocycles. The Morgan fingerprint density at radius 1 is 1.13 bits per heavy atom. The van der Waals surface area contributed by atoms with Gasteiger partial charge in [0.15, 0.2) is 0 Å². The number of amides is 4. The maximum atomic E-state index is 15.2. The number of sulfonamides is 1. The Bertz CT molecular complexity index is 2200. The summed E-state index contributed by atoms with van der Waals surface area (Å²) in [5, 5.41) is 13.4. The summed E-state index contributed by atoms with van der Waals surface area (Å²) in [4.78, 5) is 67.8. The number of ether oxygens (including phenoxy) is 2. The van der Waals surface area contributed by atoms with E-state index in [0.717, 1.165) is 4.90 Å². The second-order valence-electron chi connectivity index (χ2n) is 18.2. The molecule has 2 saturated carbocycles. The van der Waals surface area contributed by atoms with Gasteiger partial charge in [0.1, 0.15) is 40.7 Å². The van der Waals surface area contributed by atoms with E-state index in [0.29, 0.717) is 62.0 Å². The highest BCUT2D eigenvalue weighted by atomic mass is 32.2. The number of nitrogens with one attached hydrogen (secondary N) is 2. The first-order chi connectivity index (χ1) is 28.4. The lowest BCUT2D eigenvalue weighted by Crippen LogP contribution is -2.66. The van der Waals surface area contributed by atoms with Crippen LogP contribution in [0.2, 0.25) is 0 Å². The summed E-state index contributed by atoms with van der Waals surface area (Å²) >= 11 is 0. The largest absolute Gasteiger partial charge is 0.497 e. The minimum absolute atomic E-state index is 0.0461. The van der Waals surface area contributed by atoms with Gasteiger partial charge >= 0.3 is 12.3 Å². The summed E-state index contributed by atoms with van der Waals surface area (Å²) in [7, 11) is -2.64. The SMILES string of the molecule is CC[C@@H]1C[C@H](C)CC/C=C\[C@@H]2C[C@@]2(C(=O)NS(=O)(=O)C2(C)CC2)NC(=O)[C@@H]2C[C@@H](Oc3nc4cc(OC)ccc4nc3C(C)C)CN2C(=O)[C@H]1N(C(=O)O)C(C)(C)C(F)(F)F. The Labute approximate surface area is 354 Å². The Kier molecular flexibility index (Phi) is 12.4. The average Bonchev–Trinajstić information content (AvgIpc) is 4.06. The lowest BCUT2D eigenvalue weighted by molar-refractivity contribution is -0.222. The van der Waals surface area contributed by atoms with Gasteiger partial charge in [-0.1, -0.05) is 46.3 Å². The first-order valence-electron chi connectivity index (χ1n) is 20.9. The predicted octanol–water partition coefficient (Wildman–Crippen LogP) is 6.08. The molecule has 0 bridgehead atoms. The number of rotatable bonds is 10. The molecule has 0 unspecified atom stereocenters. The van der Waals surface area contributed by atoms with Crippen LogP contribution in [0.1, 0.15) is 111 Å². The van der Waals surface area contributed by atoms with Crippen LogP contribution >= 0.6 is 0 Å². The molecule has 2 aromatic rings. The first-order valence-corrected chi connectivity index (χ1v) is 22.3. The molecule has 1 saturated heterocycles. The van der Waals surface area contributed by atoms with E-state index in [1.54, 1.807) is 31.2 Å². The zero-order valence-electron chi connectivity index (χ0n) is 35.8. The van der Waals surface area contributed by atoms with Gasteiger partial charge in [-0.15, -0.1) is 0 Å². The number of carbonyl (C=O) groups excluding carboxylic acids is 3. The van der Waals surface area contributed by atoms with Gasteiger partial charge in [-0.3, -0.25) is 24.0 Å². The molecule has 0 spiro atoms. The summed E-state index contributed by atoms with van der Waals surface area (Å²) in [6, 6.07) is 1.73. The van der Waals surface area contributed by atoms with E-state index >= 15 is 4.79 Å². The van der Waals surface area contributed by atoms with E-state index in [4.69, 9.17) is 19.4 Å². The van der Waals surface area contributed by atoms with Crippen molar-refractivity contribution in [2.45, 2.75) is 146 Å². The van der Waals surface area contributed by atoms with Crippen molar-refractivity contribution in [3.63, 3.8) is 0 Å². The minimum Gasteiger partial charge on any atom is -0.497 e. The molecule has 61 heavy (non-hydrogen) atoms. The molecule has 15 nitrogen and oxygen atoms in total. The zero-order chi connectivity index (χ0) is 45.0. The Morgan fingerprint density at radius 3 is 2.41 bits per heavy atom. The molecule has 4 aliphatic rings. The lowest BCUT2D eigenvalue weighted by atomic mass is 9.82. The van der Waals surface area contributed by atoms with E-state index in [2.05, 4.69) is 10.0 Å². The number of carbonyl (C=O) groups is 4. The van der Waals surface area contributed by atoms with Crippen LogP contribution in [0.15, 0.2) is 30.4 Å². The number of methoxy groups -OCH3 is 1. The summed E-state index contributed by atoms with van der Waals surface area (Å²) in [6.07, 6.45) is -2.73. The molecule has 336 valence electrons. The summed E-state index contributed by atoms with van der Waals surface area (Å²) in [6.45, 7) is 9.85. The van der Waals surface area contributed by atoms with Crippen molar-refractivity contribution in [1.82, 2.24) is 29.8 Å². The molecule has 1 aromatic heterocycles. The summed E-state index contributed by atoms with van der Waals surface area (Å²) in [5.41, 5.74) is -3.36. The van der Waals surface area contributed by atoms with E-state index in [1.165, 1.54) is 14.0 Å². The third-order valence-corrected chi connectivity index (χ3v) is 15.2. The molecule has 3 N–H and O–H groups in total. The van der Waals surface area contributed by atoms with Crippen LogP contribution in [0.4, 0.5) is 18.0 Å².